The predicted molar refractivity (Wildman–Crippen MR) is 72.5 cm³/mol. The topological polar surface area (TPSA) is 55.2 Å². The minimum Gasteiger partial charge on any atom is -0.508 e. The summed E-state index contributed by atoms with van der Waals surface area (Å²) in [5.41, 5.74) is 0.850. The van der Waals surface area contributed by atoms with Gasteiger partial charge < -0.3 is 9.84 Å². The van der Waals surface area contributed by atoms with Gasteiger partial charge in [0.2, 0.25) is 5.88 Å². The second-order valence-corrected chi connectivity index (χ2v) is 4.29. The molecule has 0 bridgehead atoms. The summed E-state index contributed by atoms with van der Waals surface area (Å²) >= 11 is 0. The number of aromatic hydroxyl groups is 1. The first-order valence-corrected chi connectivity index (χ1v) is 5.90. The number of hydrogen-bond donors (Lipinski definition) is 1. The minimum atomic E-state index is 0.238. The Kier molecular flexibility index (Phi) is 2.76. The van der Waals surface area contributed by atoms with Crippen molar-refractivity contribution in [1.82, 2.24) is 9.97 Å². The molecule has 4 nitrogen and oxygen atoms in total. The second kappa shape index (κ2) is 4.57. The number of ether oxygens (including phenoxy) is 1. The number of benzene rings is 2. The summed E-state index contributed by atoms with van der Waals surface area (Å²) in [7, 11) is 0. The number of nitrogens with zero attached hydrogens (tertiary/aromatic N) is 2. The van der Waals surface area contributed by atoms with Crippen molar-refractivity contribution in [2.24, 2.45) is 0 Å². The molecule has 19 heavy (non-hydrogen) atoms. The molecule has 0 unspecified atom stereocenters. The van der Waals surface area contributed by atoms with E-state index in [1.54, 1.807) is 18.2 Å². The third kappa shape index (κ3) is 2.47. The highest BCUT2D eigenvalue weighted by Gasteiger charge is 2.02. The van der Waals surface area contributed by atoms with Crippen molar-refractivity contribution in [2.45, 2.75) is 6.92 Å². The number of rotatable bonds is 2. The zero-order valence-electron chi connectivity index (χ0n) is 10.4. The Balaban J connectivity index is 1.97. The van der Waals surface area contributed by atoms with E-state index >= 15 is 0 Å². The molecule has 3 aromatic rings. The highest BCUT2D eigenvalue weighted by atomic mass is 16.5. The van der Waals surface area contributed by atoms with Crippen LogP contribution >= 0.6 is 0 Å². The molecule has 0 radical (unpaired) electrons. The van der Waals surface area contributed by atoms with E-state index in [9.17, 15) is 5.11 Å². The maximum absolute atomic E-state index is 9.49. The fourth-order valence-electron chi connectivity index (χ4n) is 1.88. The van der Waals surface area contributed by atoms with E-state index in [4.69, 9.17) is 4.74 Å². The van der Waals surface area contributed by atoms with Gasteiger partial charge in [0.1, 0.15) is 17.8 Å². The highest BCUT2D eigenvalue weighted by molar-refractivity contribution is 5.85. The average molecular weight is 252 g/mol. The van der Waals surface area contributed by atoms with Crippen molar-refractivity contribution in [2.75, 3.05) is 0 Å². The summed E-state index contributed by atoms with van der Waals surface area (Å²) in [6, 6.07) is 12.7. The number of phenols is 1. The molecule has 0 fully saturated rings. The first kappa shape index (κ1) is 11.5. The minimum absolute atomic E-state index is 0.238. The van der Waals surface area contributed by atoms with Gasteiger partial charge in [-0.2, -0.15) is 0 Å². The first-order chi connectivity index (χ1) is 9.20. The van der Waals surface area contributed by atoms with Crippen LogP contribution in [-0.2, 0) is 0 Å². The van der Waals surface area contributed by atoms with Crippen molar-refractivity contribution >= 4 is 10.8 Å². The lowest BCUT2D eigenvalue weighted by molar-refractivity contribution is 0.461. The van der Waals surface area contributed by atoms with Crippen LogP contribution in [0.2, 0.25) is 0 Å². The molecule has 0 saturated carbocycles. The molecular formula is C15H12N2O2. The van der Waals surface area contributed by atoms with Gasteiger partial charge in [0, 0.05) is 11.8 Å². The number of fused-ring (bicyclic) bond motifs is 1. The number of hydrogen-bond acceptors (Lipinski definition) is 4. The molecule has 4 heteroatoms. The molecule has 1 aromatic heterocycles. The van der Waals surface area contributed by atoms with Crippen molar-refractivity contribution < 1.29 is 9.84 Å². The Morgan fingerprint density at radius 2 is 1.79 bits per heavy atom. The van der Waals surface area contributed by atoms with Gasteiger partial charge in [-0.25, -0.2) is 9.97 Å². The Labute approximate surface area is 110 Å². The summed E-state index contributed by atoms with van der Waals surface area (Å²) in [5.74, 6) is 1.42. The molecule has 0 amide bonds. The third-order valence-corrected chi connectivity index (χ3v) is 2.80. The molecule has 0 spiro atoms. The molecule has 0 aliphatic rings. The fourth-order valence-corrected chi connectivity index (χ4v) is 1.88. The van der Waals surface area contributed by atoms with Gasteiger partial charge in [0.25, 0.3) is 0 Å². The van der Waals surface area contributed by atoms with Gasteiger partial charge in [0.15, 0.2) is 0 Å². The maximum atomic E-state index is 9.49. The SMILES string of the molecule is Cc1cc(Oc2ccc3ccc(O)cc3c2)ncn1. The Morgan fingerprint density at radius 1 is 0.947 bits per heavy atom. The number of aromatic nitrogens is 2. The van der Waals surface area contributed by atoms with Crippen LogP contribution in [0.1, 0.15) is 5.69 Å². The molecule has 0 aliphatic carbocycles. The Morgan fingerprint density at radius 3 is 2.63 bits per heavy atom. The summed E-state index contributed by atoms with van der Waals surface area (Å²) < 4.78 is 5.67. The number of phenolic OH excluding ortho intramolecular Hbond substituents is 1. The van der Waals surface area contributed by atoms with Gasteiger partial charge >= 0.3 is 0 Å². The van der Waals surface area contributed by atoms with Gasteiger partial charge in [-0.1, -0.05) is 12.1 Å². The first-order valence-electron chi connectivity index (χ1n) is 5.90. The molecule has 2 aromatic carbocycles. The lowest BCUT2D eigenvalue weighted by Gasteiger charge is -2.06. The summed E-state index contributed by atoms with van der Waals surface area (Å²) in [5, 5.41) is 11.5. The van der Waals surface area contributed by atoms with E-state index in [1.165, 1.54) is 6.33 Å². The fraction of sp³-hybridized carbons (Fsp3) is 0.0667. The lowest BCUT2D eigenvalue weighted by Crippen LogP contribution is -1.90. The van der Waals surface area contributed by atoms with Gasteiger partial charge in [-0.05, 0) is 42.0 Å². The predicted octanol–water partition coefficient (Wildman–Crippen LogP) is 3.44. The molecular weight excluding hydrogens is 240 g/mol. The van der Waals surface area contributed by atoms with Crippen molar-refractivity contribution in [3.8, 4) is 17.4 Å². The second-order valence-electron chi connectivity index (χ2n) is 4.29. The van der Waals surface area contributed by atoms with Crippen LogP contribution in [0.15, 0.2) is 48.8 Å². The van der Waals surface area contributed by atoms with Crippen LogP contribution in [0.5, 0.6) is 17.4 Å². The molecule has 0 atom stereocenters. The Bertz CT molecular complexity index is 741. The van der Waals surface area contributed by atoms with Crippen LogP contribution in [-0.4, -0.2) is 15.1 Å². The number of aryl methyl sites for hydroxylation is 1. The zero-order chi connectivity index (χ0) is 13.2. The molecule has 1 heterocycles. The standard InChI is InChI=1S/C15H12N2O2/c1-10-6-15(17-9-16-10)19-14-5-3-11-2-4-13(18)7-12(11)8-14/h2-9,18H,1H3. The molecule has 0 aliphatic heterocycles. The van der Waals surface area contributed by atoms with Gasteiger partial charge in [-0.15, -0.1) is 0 Å². The van der Waals surface area contributed by atoms with E-state index < -0.39 is 0 Å². The van der Waals surface area contributed by atoms with Crippen LogP contribution in [0.3, 0.4) is 0 Å². The molecule has 94 valence electrons. The maximum Gasteiger partial charge on any atom is 0.222 e. The van der Waals surface area contributed by atoms with Crippen LogP contribution in [0.25, 0.3) is 10.8 Å². The van der Waals surface area contributed by atoms with E-state index in [0.29, 0.717) is 11.6 Å². The summed E-state index contributed by atoms with van der Waals surface area (Å²) in [6.07, 6.45) is 1.47. The van der Waals surface area contributed by atoms with Crippen LogP contribution < -0.4 is 4.74 Å². The molecule has 3 rings (SSSR count). The van der Waals surface area contributed by atoms with Crippen molar-refractivity contribution in [3.05, 3.63) is 54.5 Å². The molecule has 1 N–H and O–H groups in total. The normalized spacial score (nSPS) is 10.6. The van der Waals surface area contributed by atoms with Crippen LogP contribution in [0, 0.1) is 6.92 Å². The lowest BCUT2D eigenvalue weighted by atomic mass is 10.1. The monoisotopic (exact) mass is 252 g/mol. The highest BCUT2D eigenvalue weighted by Crippen LogP contribution is 2.26. The van der Waals surface area contributed by atoms with E-state index in [1.807, 2.05) is 31.2 Å². The van der Waals surface area contributed by atoms with E-state index in [-0.39, 0.29) is 5.75 Å². The van der Waals surface area contributed by atoms with Crippen molar-refractivity contribution in [3.63, 3.8) is 0 Å². The van der Waals surface area contributed by atoms with E-state index in [2.05, 4.69) is 9.97 Å². The van der Waals surface area contributed by atoms with Crippen LogP contribution in [0.4, 0.5) is 0 Å². The van der Waals surface area contributed by atoms with Gasteiger partial charge in [-0.3, -0.25) is 0 Å². The summed E-state index contributed by atoms with van der Waals surface area (Å²) in [4.78, 5) is 8.07. The quantitative estimate of drug-likeness (QED) is 0.759. The third-order valence-electron chi connectivity index (χ3n) is 2.80. The average Bonchev–Trinajstić information content (AvgIpc) is 2.38. The summed E-state index contributed by atoms with van der Waals surface area (Å²) in [6.45, 7) is 1.88. The molecule has 0 saturated heterocycles. The van der Waals surface area contributed by atoms with Gasteiger partial charge in [0.05, 0.1) is 0 Å². The van der Waals surface area contributed by atoms with Crippen molar-refractivity contribution in [1.29, 1.82) is 0 Å². The largest absolute Gasteiger partial charge is 0.508 e. The Hall–Kier alpha value is -2.62. The van der Waals surface area contributed by atoms with E-state index in [0.717, 1.165) is 16.5 Å². The zero-order valence-corrected chi connectivity index (χ0v) is 10.4. The smallest absolute Gasteiger partial charge is 0.222 e.